The van der Waals surface area contributed by atoms with Gasteiger partial charge in [0.2, 0.25) is 5.91 Å². The first-order valence-corrected chi connectivity index (χ1v) is 8.15. The fraction of sp³-hybridized carbons (Fsp3) is 0.263. The Labute approximate surface area is 144 Å². The third kappa shape index (κ3) is 4.15. The predicted octanol–water partition coefficient (Wildman–Crippen LogP) is 2.18. The number of halogens is 1. The number of nitrogens with one attached hydrogen (secondary N) is 2. The van der Waals surface area contributed by atoms with Gasteiger partial charge < -0.3 is 15.7 Å². The summed E-state index contributed by atoms with van der Waals surface area (Å²) in [5.41, 5.74) is 1.02. The van der Waals surface area contributed by atoms with Crippen molar-refractivity contribution in [3.05, 3.63) is 65.5 Å². The largest absolute Gasteiger partial charge is 0.508 e. The van der Waals surface area contributed by atoms with Gasteiger partial charge in [0.1, 0.15) is 11.6 Å². The average Bonchev–Trinajstić information content (AvgIpc) is 3.40. The van der Waals surface area contributed by atoms with Crippen LogP contribution in [0.1, 0.15) is 28.3 Å². The molecule has 1 saturated carbocycles. The summed E-state index contributed by atoms with van der Waals surface area (Å²) in [6, 6.07) is 12.4. The zero-order valence-electron chi connectivity index (χ0n) is 13.5. The van der Waals surface area contributed by atoms with Crippen LogP contribution >= 0.6 is 0 Å². The van der Waals surface area contributed by atoms with Gasteiger partial charge >= 0.3 is 0 Å². The van der Waals surface area contributed by atoms with Crippen LogP contribution in [0.15, 0.2) is 48.5 Å². The second-order valence-electron chi connectivity index (χ2n) is 6.06. The summed E-state index contributed by atoms with van der Waals surface area (Å²) in [5, 5.41) is 14.6. The van der Waals surface area contributed by atoms with E-state index >= 15 is 0 Å². The van der Waals surface area contributed by atoms with E-state index in [-0.39, 0.29) is 35.2 Å². The SMILES string of the molecule is O=C(NCCNC(=O)C1CC1c1ccccc1F)c1ccc(O)cc1. The minimum atomic E-state index is -0.274. The van der Waals surface area contributed by atoms with E-state index in [9.17, 15) is 19.1 Å². The Morgan fingerprint density at radius 1 is 1.04 bits per heavy atom. The van der Waals surface area contributed by atoms with E-state index < -0.39 is 0 Å². The van der Waals surface area contributed by atoms with Crippen molar-refractivity contribution in [3.8, 4) is 5.75 Å². The standard InChI is InChI=1S/C19H19FN2O3/c20-17-4-2-1-3-14(17)15-11-16(15)19(25)22-10-9-21-18(24)12-5-7-13(23)8-6-12/h1-8,15-16,23H,9-11H2,(H,21,24)(H,22,25). The van der Waals surface area contributed by atoms with E-state index in [1.54, 1.807) is 18.2 Å². The van der Waals surface area contributed by atoms with Crippen molar-refractivity contribution in [2.45, 2.75) is 12.3 Å². The number of carbonyl (C=O) groups is 2. The van der Waals surface area contributed by atoms with Crippen molar-refractivity contribution in [1.82, 2.24) is 10.6 Å². The van der Waals surface area contributed by atoms with Crippen molar-refractivity contribution < 1.29 is 19.1 Å². The van der Waals surface area contributed by atoms with E-state index in [4.69, 9.17) is 0 Å². The average molecular weight is 342 g/mol. The summed E-state index contributed by atoms with van der Waals surface area (Å²) in [6.45, 7) is 0.603. The van der Waals surface area contributed by atoms with Gasteiger partial charge in [-0.1, -0.05) is 18.2 Å². The summed E-state index contributed by atoms with van der Waals surface area (Å²) in [6.07, 6.45) is 0.645. The van der Waals surface area contributed by atoms with Crippen LogP contribution in [-0.4, -0.2) is 30.0 Å². The minimum absolute atomic E-state index is 0.0622. The molecule has 0 heterocycles. The summed E-state index contributed by atoms with van der Waals surface area (Å²) < 4.78 is 13.7. The molecule has 6 heteroatoms. The second-order valence-corrected chi connectivity index (χ2v) is 6.06. The first-order chi connectivity index (χ1) is 12.1. The first kappa shape index (κ1) is 17.0. The summed E-state index contributed by atoms with van der Waals surface area (Å²) >= 11 is 0. The predicted molar refractivity (Wildman–Crippen MR) is 90.7 cm³/mol. The maximum atomic E-state index is 13.7. The molecule has 2 aromatic rings. The molecule has 0 aliphatic heterocycles. The van der Waals surface area contributed by atoms with E-state index in [0.29, 0.717) is 30.6 Å². The second kappa shape index (κ2) is 7.34. The third-order valence-corrected chi connectivity index (χ3v) is 4.27. The van der Waals surface area contributed by atoms with Gasteiger partial charge in [-0.25, -0.2) is 4.39 Å². The van der Waals surface area contributed by atoms with Crippen LogP contribution in [0.5, 0.6) is 5.75 Å². The van der Waals surface area contributed by atoms with Crippen LogP contribution < -0.4 is 10.6 Å². The highest BCUT2D eigenvalue weighted by Crippen LogP contribution is 2.48. The highest BCUT2D eigenvalue weighted by Gasteiger charge is 2.44. The monoisotopic (exact) mass is 342 g/mol. The number of rotatable bonds is 6. The fourth-order valence-corrected chi connectivity index (χ4v) is 2.81. The van der Waals surface area contributed by atoms with Gasteiger partial charge in [0.25, 0.3) is 5.91 Å². The molecule has 1 aliphatic carbocycles. The number of amides is 2. The molecule has 0 aromatic heterocycles. The molecule has 3 rings (SSSR count). The number of phenols is 1. The van der Waals surface area contributed by atoms with Crippen molar-refractivity contribution in [2.75, 3.05) is 13.1 Å². The Bertz CT molecular complexity index is 776. The normalized spacial score (nSPS) is 18.4. The molecule has 25 heavy (non-hydrogen) atoms. The van der Waals surface area contributed by atoms with Gasteiger partial charge in [-0.05, 0) is 48.2 Å². The molecule has 2 atom stereocenters. The van der Waals surface area contributed by atoms with Crippen LogP contribution in [0.4, 0.5) is 4.39 Å². The van der Waals surface area contributed by atoms with Gasteiger partial charge in [-0.3, -0.25) is 9.59 Å². The smallest absolute Gasteiger partial charge is 0.251 e. The molecule has 5 nitrogen and oxygen atoms in total. The van der Waals surface area contributed by atoms with Crippen LogP contribution in [0.2, 0.25) is 0 Å². The lowest BCUT2D eigenvalue weighted by Crippen LogP contribution is -2.35. The summed E-state index contributed by atoms with van der Waals surface area (Å²) in [4.78, 5) is 24.0. The highest BCUT2D eigenvalue weighted by atomic mass is 19.1. The highest BCUT2D eigenvalue weighted by molar-refractivity contribution is 5.94. The van der Waals surface area contributed by atoms with Crippen molar-refractivity contribution in [1.29, 1.82) is 0 Å². The summed E-state index contributed by atoms with van der Waals surface area (Å²) in [5.74, 6) is -0.837. The Morgan fingerprint density at radius 2 is 1.72 bits per heavy atom. The fourth-order valence-electron chi connectivity index (χ4n) is 2.81. The van der Waals surface area contributed by atoms with Gasteiger partial charge in [0.05, 0.1) is 0 Å². The topological polar surface area (TPSA) is 78.4 Å². The van der Waals surface area contributed by atoms with E-state index in [2.05, 4.69) is 10.6 Å². The molecular formula is C19H19FN2O3. The molecule has 2 unspecified atom stereocenters. The van der Waals surface area contributed by atoms with E-state index in [1.165, 1.54) is 30.3 Å². The lowest BCUT2D eigenvalue weighted by Gasteiger charge is -2.07. The third-order valence-electron chi connectivity index (χ3n) is 4.27. The molecule has 0 bridgehead atoms. The van der Waals surface area contributed by atoms with Gasteiger partial charge in [0, 0.05) is 24.6 Å². The minimum Gasteiger partial charge on any atom is -0.508 e. The van der Waals surface area contributed by atoms with Crippen molar-refractivity contribution in [3.63, 3.8) is 0 Å². The first-order valence-electron chi connectivity index (χ1n) is 8.15. The van der Waals surface area contributed by atoms with Gasteiger partial charge in [0.15, 0.2) is 0 Å². The Morgan fingerprint density at radius 3 is 2.44 bits per heavy atom. The zero-order chi connectivity index (χ0) is 17.8. The molecule has 130 valence electrons. The Kier molecular flexibility index (Phi) is 4.97. The molecule has 1 aliphatic rings. The molecule has 2 aromatic carbocycles. The number of carbonyl (C=O) groups excluding carboxylic acids is 2. The Balaban J connectivity index is 1.40. The van der Waals surface area contributed by atoms with E-state index in [1.807, 2.05) is 0 Å². The van der Waals surface area contributed by atoms with Crippen LogP contribution in [0.3, 0.4) is 0 Å². The number of phenolic OH excluding ortho intramolecular Hbond substituents is 1. The van der Waals surface area contributed by atoms with Crippen molar-refractivity contribution >= 4 is 11.8 Å². The summed E-state index contributed by atoms with van der Waals surface area (Å²) in [7, 11) is 0. The quantitative estimate of drug-likeness (QED) is 0.704. The number of aromatic hydroxyl groups is 1. The van der Waals surface area contributed by atoms with Crippen LogP contribution in [-0.2, 0) is 4.79 Å². The lowest BCUT2D eigenvalue weighted by molar-refractivity contribution is -0.122. The Hall–Kier alpha value is -2.89. The number of benzene rings is 2. The molecule has 1 fully saturated rings. The van der Waals surface area contributed by atoms with Gasteiger partial charge in [-0.2, -0.15) is 0 Å². The number of hydrogen-bond donors (Lipinski definition) is 3. The van der Waals surface area contributed by atoms with Gasteiger partial charge in [-0.15, -0.1) is 0 Å². The molecule has 2 amide bonds. The van der Waals surface area contributed by atoms with Crippen molar-refractivity contribution in [2.24, 2.45) is 5.92 Å². The molecular weight excluding hydrogens is 323 g/mol. The number of hydrogen-bond acceptors (Lipinski definition) is 3. The lowest BCUT2D eigenvalue weighted by atomic mass is 10.1. The van der Waals surface area contributed by atoms with Crippen LogP contribution in [0.25, 0.3) is 0 Å². The molecule has 0 spiro atoms. The molecule has 3 N–H and O–H groups in total. The molecule has 0 radical (unpaired) electrons. The zero-order valence-corrected chi connectivity index (χ0v) is 13.5. The maximum Gasteiger partial charge on any atom is 0.251 e. The maximum absolute atomic E-state index is 13.7. The van der Waals surface area contributed by atoms with E-state index in [0.717, 1.165) is 0 Å². The van der Waals surface area contributed by atoms with Crippen LogP contribution in [0, 0.1) is 11.7 Å². The molecule has 0 saturated heterocycles.